The molecule has 4 aromatic carbocycles. The first-order valence-corrected chi connectivity index (χ1v) is 16.1. The highest BCUT2D eigenvalue weighted by atomic mass is 127. The number of methoxy groups -OCH3 is 1. The van der Waals surface area contributed by atoms with Crippen LogP contribution in [0.25, 0.3) is 10.2 Å². The number of carbonyl (C=O) groups is 1. The van der Waals surface area contributed by atoms with Gasteiger partial charge in [-0.3, -0.25) is 10.1 Å². The van der Waals surface area contributed by atoms with E-state index < -0.39 is 10.1 Å². The largest absolute Gasteiger partial charge is 0.744 e. The van der Waals surface area contributed by atoms with Gasteiger partial charge in [0.25, 0.3) is 5.91 Å². The molecule has 1 heterocycles. The Morgan fingerprint density at radius 3 is 2.26 bits per heavy atom. The number of carbonyl (C=O) groups excluding carboxylic acids is 1. The van der Waals surface area contributed by atoms with Crippen molar-refractivity contribution in [1.82, 2.24) is 4.98 Å². The molecule has 0 aliphatic heterocycles. The minimum Gasteiger partial charge on any atom is -0.744 e. The second-order valence-corrected chi connectivity index (χ2v) is 13.9. The van der Waals surface area contributed by atoms with Gasteiger partial charge in [-0.1, -0.05) is 41.2 Å². The number of nitrogens with one attached hydrogen (secondary N) is 1. The van der Waals surface area contributed by atoms with Crippen LogP contribution in [0.5, 0.6) is 5.75 Å². The average molecular weight is 673 g/mol. The van der Waals surface area contributed by atoms with Crippen molar-refractivity contribution < 1.29 is 43.7 Å². The molecule has 1 amide bonds. The molecule has 0 radical (unpaired) electrons. The number of fused-ring (bicyclic) bond motifs is 1. The van der Waals surface area contributed by atoms with Crippen LogP contribution in [0.3, 0.4) is 0 Å². The second-order valence-electron chi connectivity index (χ2n) is 8.47. The topological polar surface area (TPSA) is 108 Å². The molecule has 1 aromatic heterocycles. The number of anilines is 1. The van der Waals surface area contributed by atoms with Gasteiger partial charge in [-0.25, -0.2) is 13.4 Å². The van der Waals surface area contributed by atoms with Crippen LogP contribution in [0.15, 0.2) is 95.9 Å². The molecular formula is C29H25IN2O5S2. The molecule has 0 saturated heterocycles. The fourth-order valence-corrected chi connectivity index (χ4v) is 7.25. The van der Waals surface area contributed by atoms with Crippen LogP contribution >= 0.6 is 11.3 Å². The van der Waals surface area contributed by atoms with Gasteiger partial charge in [-0.15, -0.1) is 0 Å². The van der Waals surface area contributed by atoms with Crippen molar-refractivity contribution >= 4 is 42.7 Å². The van der Waals surface area contributed by atoms with Gasteiger partial charge in [-0.2, -0.15) is 0 Å². The molecule has 0 aliphatic carbocycles. The van der Waals surface area contributed by atoms with Gasteiger partial charge in [0, 0.05) is 5.56 Å². The summed E-state index contributed by atoms with van der Waals surface area (Å²) in [7, 11) is -2.63. The molecule has 7 nitrogen and oxygen atoms in total. The number of amides is 1. The van der Waals surface area contributed by atoms with Gasteiger partial charge >= 0.3 is 21.2 Å². The number of aryl methyl sites for hydroxylation is 2. The summed E-state index contributed by atoms with van der Waals surface area (Å²) in [6, 6.07) is 27.9. The monoisotopic (exact) mass is 672 g/mol. The Morgan fingerprint density at radius 2 is 1.62 bits per heavy atom. The number of hydrogen-bond acceptors (Lipinski definition) is 7. The number of aromatic nitrogens is 1. The van der Waals surface area contributed by atoms with Gasteiger partial charge in [0.05, 0.1) is 22.2 Å². The van der Waals surface area contributed by atoms with Crippen LogP contribution in [-0.2, 0) is 10.1 Å². The molecule has 0 aliphatic rings. The normalized spacial score (nSPS) is 11.0. The minimum absolute atomic E-state index is 0.147. The Labute approximate surface area is 241 Å². The summed E-state index contributed by atoms with van der Waals surface area (Å²) in [4.78, 5) is 16.9. The summed E-state index contributed by atoms with van der Waals surface area (Å²) in [5.74, 6) is 0.632. The van der Waals surface area contributed by atoms with Crippen LogP contribution in [0.4, 0.5) is 5.13 Å². The smallest absolute Gasteiger partial charge is 0.357 e. The zero-order chi connectivity index (χ0) is 28.0. The molecule has 10 heteroatoms. The van der Waals surface area contributed by atoms with Crippen molar-refractivity contribution in [3.63, 3.8) is 0 Å². The first-order valence-electron chi connectivity index (χ1n) is 11.7. The third kappa shape index (κ3) is 8.09. The van der Waals surface area contributed by atoms with Crippen LogP contribution < -0.4 is 31.3 Å². The Kier molecular flexibility index (Phi) is 9.33. The van der Waals surface area contributed by atoms with E-state index in [1.165, 1.54) is 36.2 Å². The molecule has 0 atom stereocenters. The van der Waals surface area contributed by atoms with E-state index in [1.54, 1.807) is 19.2 Å². The maximum Gasteiger partial charge on any atom is 0.357 e. The summed E-state index contributed by atoms with van der Waals surface area (Å²) < 4.78 is 40.0. The zero-order valence-corrected chi connectivity index (χ0v) is 25.1. The predicted molar refractivity (Wildman–Crippen MR) is 148 cm³/mol. The summed E-state index contributed by atoms with van der Waals surface area (Å²) >= 11 is 1.20. The highest BCUT2D eigenvalue weighted by molar-refractivity contribution is 7.85. The Hall–Kier alpha value is -3.32. The number of nitrogens with zero attached hydrogens (tertiary/aromatic N) is 1. The summed E-state index contributed by atoms with van der Waals surface area (Å²) in [5.41, 5.74) is 3.69. The number of benzene rings is 4. The van der Waals surface area contributed by atoms with Crippen LogP contribution in [-0.4, -0.2) is 31.0 Å². The molecule has 1 N–H and O–H groups in total. The van der Waals surface area contributed by atoms with Crippen molar-refractivity contribution in [3.05, 3.63) is 115 Å². The summed E-state index contributed by atoms with van der Waals surface area (Å²) in [5, 5.41) is 3.49. The van der Waals surface area contributed by atoms with Crippen LogP contribution in [0.1, 0.15) is 21.5 Å². The van der Waals surface area contributed by atoms with E-state index in [4.69, 9.17) is 4.74 Å². The van der Waals surface area contributed by atoms with E-state index in [0.717, 1.165) is 21.5 Å². The quantitative estimate of drug-likeness (QED) is 0.220. The van der Waals surface area contributed by atoms with E-state index in [0.29, 0.717) is 10.7 Å². The summed E-state index contributed by atoms with van der Waals surface area (Å²) in [6.45, 7) is 3.93. The van der Waals surface area contributed by atoms with Gasteiger partial charge < -0.3 is 9.29 Å². The lowest BCUT2D eigenvalue weighted by molar-refractivity contribution is -0.597. The first kappa shape index (κ1) is 28.7. The molecule has 0 unspecified atom stereocenters. The van der Waals surface area contributed by atoms with Crippen molar-refractivity contribution in [3.8, 4) is 5.75 Å². The molecule has 0 fully saturated rings. The average Bonchev–Trinajstić information content (AvgIpc) is 3.30. The Bertz CT molecular complexity index is 1700. The van der Waals surface area contributed by atoms with Gasteiger partial charge in [0.15, 0.2) is 12.3 Å². The maximum atomic E-state index is 12.6. The standard InChI is InChI=1S/C22H17IN2O2S.C7H8O3S/c1-14-4-3-5-17(12-14)23-16-8-6-15(7-9-16)21(26)25-22-24-19-11-10-18(27-2)13-20(19)28-22;1-6-2-4-7(5-3-6)11(8,9)10/h3-13H,1-2H3;2-5H,1H3,(H,8,9,10). The molecule has 0 spiro atoms. The van der Waals surface area contributed by atoms with Gasteiger partial charge in [0.1, 0.15) is 15.9 Å². The lowest BCUT2D eigenvalue weighted by Gasteiger charge is -2.05. The number of ether oxygens (including phenoxy) is 1. The third-order valence-corrected chi connectivity index (χ3v) is 9.85. The van der Waals surface area contributed by atoms with E-state index in [-0.39, 0.29) is 32.0 Å². The molecule has 5 aromatic rings. The van der Waals surface area contributed by atoms with Crippen LogP contribution in [0.2, 0.25) is 0 Å². The Balaban J connectivity index is 0.000000270. The first-order chi connectivity index (χ1) is 18.6. The van der Waals surface area contributed by atoms with E-state index >= 15 is 0 Å². The predicted octanol–water partition coefficient (Wildman–Crippen LogP) is 2.89. The van der Waals surface area contributed by atoms with Crippen molar-refractivity contribution in [2.45, 2.75) is 18.7 Å². The van der Waals surface area contributed by atoms with Crippen molar-refractivity contribution in [1.29, 1.82) is 0 Å². The molecule has 39 heavy (non-hydrogen) atoms. The van der Waals surface area contributed by atoms with E-state index in [9.17, 15) is 17.8 Å². The molecule has 0 saturated carbocycles. The molecular weight excluding hydrogens is 647 g/mol. The number of thiazole rings is 1. The van der Waals surface area contributed by atoms with Gasteiger partial charge in [-0.05, 0) is 86.1 Å². The fraction of sp³-hybridized carbons (Fsp3) is 0.103. The third-order valence-electron chi connectivity index (χ3n) is 5.43. The molecule has 200 valence electrons. The maximum absolute atomic E-state index is 12.6. The SMILES string of the molecule is COc1ccc2nc(NC(=O)c3ccc([I+]c4cccc(C)c4)cc3)sc2c1.Cc1ccc(S(=O)(=O)[O-])cc1. The Morgan fingerprint density at radius 1 is 0.897 bits per heavy atom. The van der Waals surface area contributed by atoms with Crippen LogP contribution in [0, 0.1) is 21.0 Å². The number of hydrogen-bond donors (Lipinski definition) is 1. The van der Waals surface area contributed by atoms with Gasteiger partial charge in [0.2, 0.25) is 0 Å². The van der Waals surface area contributed by atoms with E-state index in [1.807, 2.05) is 49.4 Å². The highest BCUT2D eigenvalue weighted by Crippen LogP contribution is 2.29. The zero-order valence-electron chi connectivity index (χ0n) is 21.3. The lowest BCUT2D eigenvalue weighted by Crippen LogP contribution is -3.61. The number of halogens is 1. The lowest BCUT2D eigenvalue weighted by atomic mass is 10.2. The minimum atomic E-state index is -4.27. The van der Waals surface area contributed by atoms with E-state index in [2.05, 4.69) is 41.5 Å². The fourth-order valence-electron chi connectivity index (χ4n) is 3.41. The molecule has 5 rings (SSSR count). The van der Waals surface area contributed by atoms with Crippen molar-refractivity contribution in [2.75, 3.05) is 12.4 Å². The highest BCUT2D eigenvalue weighted by Gasteiger charge is 2.17. The second kappa shape index (κ2) is 12.7. The summed E-state index contributed by atoms with van der Waals surface area (Å²) in [6.07, 6.45) is 0. The number of rotatable bonds is 6. The van der Waals surface area contributed by atoms with Crippen molar-refractivity contribution in [2.24, 2.45) is 0 Å². The molecule has 0 bridgehead atoms.